The second kappa shape index (κ2) is 7.88. The van der Waals surface area contributed by atoms with Crippen LogP contribution in [0.3, 0.4) is 0 Å². The van der Waals surface area contributed by atoms with Crippen molar-refractivity contribution in [3.63, 3.8) is 0 Å². The van der Waals surface area contributed by atoms with Gasteiger partial charge >= 0.3 is 0 Å². The van der Waals surface area contributed by atoms with E-state index in [-0.39, 0.29) is 47.2 Å². The molecular formula is C19H25FN6O3S. The van der Waals surface area contributed by atoms with E-state index in [1.165, 1.54) is 10.9 Å². The fourth-order valence-electron chi connectivity index (χ4n) is 4.09. The monoisotopic (exact) mass is 436 g/mol. The predicted molar refractivity (Wildman–Crippen MR) is 111 cm³/mol. The Morgan fingerprint density at radius 2 is 2.03 bits per heavy atom. The first-order valence-electron chi connectivity index (χ1n) is 9.80. The van der Waals surface area contributed by atoms with E-state index < -0.39 is 16.0 Å². The van der Waals surface area contributed by atoms with E-state index in [1.807, 2.05) is 0 Å². The summed E-state index contributed by atoms with van der Waals surface area (Å²) in [4.78, 5) is 13.3. The van der Waals surface area contributed by atoms with Crippen LogP contribution in [0, 0.1) is 0 Å². The number of rotatable bonds is 4. The minimum absolute atomic E-state index is 0.0135. The van der Waals surface area contributed by atoms with Crippen LogP contribution in [0.1, 0.15) is 28.3 Å². The molecule has 0 bridgehead atoms. The number of anilines is 2. The molecule has 0 radical (unpaired) electrons. The number of hydrogen-bond acceptors (Lipinski definition) is 7. The zero-order chi connectivity index (χ0) is 21.5. The van der Waals surface area contributed by atoms with Gasteiger partial charge < -0.3 is 21.7 Å². The number of nitrogens with zero attached hydrogens (tertiary/aromatic N) is 2. The molecule has 1 fully saturated rings. The van der Waals surface area contributed by atoms with Gasteiger partial charge in [-0.2, -0.15) is 5.10 Å². The molecule has 3 heterocycles. The molecule has 1 amide bonds. The molecule has 0 aliphatic carbocycles. The second-order valence-corrected chi connectivity index (χ2v) is 9.81. The Bertz CT molecular complexity index is 1050. The number of halogens is 1. The molecule has 3 unspecified atom stereocenters. The van der Waals surface area contributed by atoms with Gasteiger partial charge in [0.2, 0.25) is 0 Å². The van der Waals surface area contributed by atoms with Crippen LogP contribution < -0.4 is 21.7 Å². The molecule has 1 aromatic heterocycles. The molecule has 2 aliphatic heterocycles. The van der Waals surface area contributed by atoms with Gasteiger partial charge in [-0.1, -0.05) is 12.1 Å². The molecular weight excluding hydrogens is 411 g/mol. The normalized spacial score (nSPS) is 24.0. The van der Waals surface area contributed by atoms with E-state index in [1.54, 1.807) is 24.3 Å². The lowest BCUT2D eigenvalue weighted by molar-refractivity contribution is 0.0925. The van der Waals surface area contributed by atoms with Crippen LogP contribution in [0.5, 0.6) is 0 Å². The zero-order valence-corrected chi connectivity index (χ0v) is 17.4. The molecule has 1 aromatic carbocycles. The molecule has 1 saturated heterocycles. The van der Waals surface area contributed by atoms with Crippen molar-refractivity contribution in [2.24, 2.45) is 0 Å². The zero-order valence-electron chi connectivity index (χ0n) is 16.6. The fraction of sp³-hybridized carbons (Fsp3) is 0.474. The third-order valence-electron chi connectivity index (χ3n) is 5.60. The number of carbonyl (C=O) groups excluding carboxylic acids is 1. The van der Waals surface area contributed by atoms with Crippen LogP contribution in [0.15, 0.2) is 29.2 Å². The van der Waals surface area contributed by atoms with Crippen LogP contribution in [-0.2, 0) is 16.4 Å². The smallest absolute Gasteiger partial charge is 0.259 e. The Kier molecular flexibility index (Phi) is 5.41. The van der Waals surface area contributed by atoms with Gasteiger partial charge in [0, 0.05) is 31.3 Å². The number of nitrogens with two attached hydrogens (primary N) is 1. The number of nitrogen functional groups attached to an aromatic ring is 1. The summed E-state index contributed by atoms with van der Waals surface area (Å²) in [6, 6.07) is 6.56. The van der Waals surface area contributed by atoms with E-state index in [0.29, 0.717) is 12.4 Å². The molecule has 11 heteroatoms. The third kappa shape index (κ3) is 3.99. The number of aromatic nitrogens is 2. The third-order valence-corrected chi connectivity index (χ3v) is 6.73. The number of nitrogens with one attached hydrogen (secondary N) is 3. The molecule has 2 aliphatic rings. The van der Waals surface area contributed by atoms with Gasteiger partial charge in [0.25, 0.3) is 5.91 Å². The lowest BCUT2D eigenvalue weighted by Crippen LogP contribution is -2.50. The Morgan fingerprint density at radius 3 is 2.73 bits per heavy atom. The Hall–Kier alpha value is -2.66. The minimum atomic E-state index is -3.27. The molecule has 5 N–H and O–H groups in total. The highest BCUT2D eigenvalue weighted by atomic mass is 32.2. The maximum Gasteiger partial charge on any atom is 0.259 e. The predicted octanol–water partition coefficient (Wildman–Crippen LogP) is 0.508. The number of amides is 1. The summed E-state index contributed by atoms with van der Waals surface area (Å²) in [7, 11) is -3.27. The molecule has 9 nitrogen and oxygen atoms in total. The van der Waals surface area contributed by atoms with Crippen molar-refractivity contribution >= 4 is 27.4 Å². The molecule has 0 spiro atoms. The summed E-state index contributed by atoms with van der Waals surface area (Å²) >= 11 is 0. The Balaban J connectivity index is 1.55. The van der Waals surface area contributed by atoms with E-state index in [0.717, 1.165) is 18.5 Å². The standard InChI is InChI=1S/C19H25FN6O3S/c1-30(28,29)13-4-2-11(3-5-13)14-6-7-22-9-15(14)24-19(27)16-17(21)25-26-10-12(20)8-23-18(16)26/h2-5,12,14-15,22-23H,6-10H2,1H3,(H2,21,25)(H,24,27). The van der Waals surface area contributed by atoms with Gasteiger partial charge in [-0.25, -0.2) is 17.5 Å². The van der Waals surface area contributed by atoms with Gasteiger partial charge in [0.05, 0.1) is 11.4 Å². The average molecular weight is 437 g/mol. The first kappa shape index (κ1) is 20.6. The summed E-state index contributed by atoms with van der Waals surface area (Å²) in [5, 5.41) is 13.3. The lowest BCUT2D eigenvalue weighted by atomic mass is 9.86. The van der Waals surface area contributed by atoms with Crippen LogP contribution in [0.2, 0.25) is 0 Å². The van der Waals surface area contributed by atoms with E-state index in [2.05, 4.69) is 21.0 Å². The number of carbonyl (C=O) groups is 1. The topological polar surface area (TPSA) is 131 Å². The van der Waals surface area contributed by atoms with Crippen LogP contribution >= 0.6 is 0 Å². The number of piperidine rings is 1. The highest BCUT2D eigenvalue weighted by molar-refractivity contribution is 7.90. The van der Waals surface area contributed by atoms with Gasteiger partial charge in [0.1, 0.15) is 17.6 Å². The number of alkyl halides is 1. The van der Waals surface area contributed by atoms with Crippen molar-refractivity contribution in [2.45, 2.75) is 36.0 Å². The van der Waals surface area contributed by atoms with E-state index in [9.17, 15) is 17.6 Å². The summed E-state index contributed by atoms with van der Waals surface area (Å²) in [6.07, 6.45) is 0.868. The van der Waals surface area contributed by atoms with Crippen molar-refractivity contribution < 1.29 is 17.6 Å². The van der Waals surface area contributed by atoms with E-state index in [4.69, 9.17) is 5.73 Å². The summed E-state index contributed by atoms with van der Waals surface area (Å²) < 4.78 is 38.4. The lowest BCUT2D eigenvalue weighted by Gasteiger charge is -2.33. The first-order valence-corrected chi connectivity index (χ1v) is 11.7. The van der Waals surface area contributed by atoms with Crippen molar-refractivity contribution in [1.29, 1.82) is 0 Å². The first-order chi connectivity index (χ1) is 14.2. The summed E-state index contributed by atoms with van der Waals surface area (Å²) in [5.41, 5.74) is 7.13. The van der Waals surface area contributed by atoms with Crippen molar-refractivity contribution in [1.82, 2.24) is 20.4 Å². The molecule has 3 atom stereocenters. The molecule has 30 heavy (non-hydrogen) atoms. The quantitative estimate of drug-likeness (QED) is 0.549. The van der Waals surface area contributed by atoms with E-state index >= 15 is 0 Å². The van der Waals surface area contributed by atoms with Crippen LogP contribution in [0.25, 0.3) is 0 Å². The van der Waals surface area contributed by atoms with Crippen LogP contribution in [0.4, 0.5) is 16.0 Å². The van der Waals surface area contributed by atoms with Crippen LogP contribution in [-0.4, -0.2) is 62.2 Å². The van der Waals surface area contributed by atoms with Crippen molar-refractivity contribution in [3.05, 3.63) is 35.4 Å². The maximum atomic E-state index is 13.6. The van der Waals surface area contributed by atoms with Gasteiger partial charge in [-0.05, 0) is 30.7 Å². The average Bonchev–Trinajstić information content (AvgIpc) is 3.02. The summed E-state index contributed by atoms with van der Waals surface area (Å²) in [6.45, 7) is 1.51. The molecule has 162 valence electrons. The highest BCUT2D eigenvalue weighted by Crippen LogP contribution is 2.29. The van der Waals surface area contributed by atoms with Gasteiger partial charge in [-0.3, -0.25) is 4.79 Å². The number of benzene rings is 1. The fourth-order valence-corrected chi connectivity index (χ4v) is 4.72. The van der Waals surface area contributed by atoms with Gasteiger partial charge in [-0.15, -0.1) is 0 Å². The highest BCUT2D eigenvalue weighted by Gasteiger charge is 2.32. The Labute approximate surface area is 174 Å². The second-order valence-electron chi connectivity index (χ2n) is 7.79. The number of fused-ring (bicyclic) bond motifs is 1. The largest absolute Gasteiger partial charge is 0.381 e. The minimum Gasteiger partial charge on any atom is -0.381 e. The number of sulfone groups is 1. The molecule has 0 saturated carbocycles. The number of hydrogen-bond donors (Lipinski definition) is 4. The van der Waals surface area contributed by atoms with Crippen molar-refractivity contribution in [2.75, 3.05) is 36.9 Å². The Morgan fingerprint density at radius 1 is 1.30 bits per heavy atom. The van der Waals surface area contributed by atoms with Gasteiger partial charge in [0.15, 0.2) is 15.7 Å². The van der Waals surface area contributed by atoms with Crippen molar-refractivity contribution in [3.8, 4) is 0 Å². The molecule has 2 aromatic rings. The summed E-state index contributed by atoms with van der Waals surface area (Å²) in [5.74, 6) is 0.128. The maximum absolute atomic E-state index is 13.6. The SMILES string of the molecule is CS(=O)(=O)c1ccc(C2CCNCC2NC(=O)c2c(N)nn3c2NCC(F)C3)cc1. The molecule has 4 rings (SSSR count).